The Bertz CT molecular complexity index is 851. The Morgan fingerprint density at radius 3 is 2.74 bits per heavy atom. The lowest BCUT2D eigenvalue weighted by Gasteiger charge is -2.08. The summed E-state index contributed by atoms with van der Waals surface area (Å²) < 4.78 is 0. The van der Waals surface area contributed by atoms with E-state index in [1.807, 2.05) is 0 Å². The molecule has 0 aromatic heterocycles. The number of hydrogen-bond donors (Lipinski definition) is 2. The number of carbonyl (C=O) groups excluding carboxylic acids is 2. The van der Waals surface area contributed by atoms with Gasteiger partial charge in [0.25, 0.3) is 11.6 Å². The number of nitrogens with zero attached hydrogens (tertiary/aromatic N) is 1. The highest BCUT2D eigenvalue weighted by atomic mass is 35.5. The Hall–Kier alpha value is -2.93. The second kappa shape index (κ2) is 5.69. The molecule has 2 amide bonds. The molecule has 3 rings (SSSR count). The minimum absolute atomic E-state index is 0.0746. The fourth-order valence-corrected chi connectivity index (χ4v) is 2.51. The molecule has 0 saturated heterocycles. The number of nitrogens with one attached hydrogen (secondary N) is 2. The van der Waals surface area contributed by atoms with E-state index in [4.69, 9.17) is 11.6 Å². The van der Waals surface area contributed by atoms with E-state index in [0.29, 0.717) is 11.3 Å². The Morgan fingerprint density at radius 1 is 1.26 bits per heavy atom. The number of non-ortho nitro benzene ring substituents is 1. The maximum Gasteiger partial charge on any atom is 0.271 e. The summed E-state index contributed by atoms with van der Waals surface area (Å²) in [5, 5.41) is 16.0. The third-order valence-corrected chi connectivity index (χ3v) is 3.72. The standard InChI is InChI=1S/C15H10ClN3O4/c16-11-7-10(19(22)23)2-4-13(11)18-15(21)8-1-3-12-9(5-8)6-14(20)17-12/h1-5,7H,6H2,(H,17,20)(H,18,21). The van der Waals surface area contributed by atoms with E-state index in [1.54, 1.807) is 18.2 Å². The highest BCUT2D eigenvalue weighted by molar-refractivity contribution is 6.34. The number of nitro groups is 1. The third kappa shape index (κ3) is 3.00. The van der Waals surface area contributed by atoms with Gasteiger partial charge >= 0.3 is 0 Å². The molecule has 0 atom stereocenters. The lowest BCUT2D eigenvalue weighted by Crippen LogP contribution is -2.12. The topological polar surface area (TPSA) is 101 Å². The van der Waals surface area contributed by atoms with Gasteiger partial charge in [-0.1, -0.05) is 11.6 Å². The number of fused-ring (bicyclic) bond motifs is 1. The van der Waals surface area contributed by atoms with Crippen molar-refractivity contribution in [1.29, 1.82) is 0 Å². The van der Waals surface area contributed by atoms with Crippen molar-refractivity contribution < 1.29 is 14.5 Å². The van der Waals surface area contributed by atoms with Gasteiger partial charge in [-0.05, 0) is 29.8 Å². The van der Waals surface area contributed by atoms with Crippen LogP contribution in [0.4, 0.5) is 17.1 Å². The van der Waals surface area contributed by atoms with Crippen molar-refractivity contribution in [3.05, 3.63) is 62.7 Å². The largest absolute Gasteiger partial charge is 0.326 e. The molecule has 0 aliphatic carbocycles. The second-order valence-corrected chi connectivity index (χ2v) is 5.38. The number of halogens is 1. The first-order valence-electron chi connectivity index (χ1n) is 6.62. The molecule has 0 fully saturated rings. The number of amides is 2. The van der Waals surface area contributed by atoms with Crippen LogP contribution >= 0.6 is 11.6 Å². The molecule has 2 N–H and O–H groups in total. The minimum atomic E-state index is -0.567. The lowest BCUT2D eigenvalue weighted by atomic mass is 10.1. The van der Waals surface area contributed by atoms with E-state index in [0.717, 1.165) is 5.56 Å². The Labute approximate surface area is 135 Å². The summed E-state index contributed by atoms with van der Waals surface area (Å²) in [6, 6.07) is 8.67. The van der Waals surface area contributed by atoms with Gasteiger partial charge in [0, 0.05) is 23.4 Å². The van der Waals surface area contributed by atoms with Crippen LogP contribution in [0.15, 0.2) is 36.4 Å². The van der Waals surface area contributed by atoms with Crippen molar-refractivity contribution in [2.24, 2.45) is 0 Å². The number of rotatable bonds is 3. The second-order valence-electron chi connectivity index (χ2n) is 4.97. The quantitative estimate of drug-likeness (QED) is 0.666. The molecule has 8 heteroatoms. The Balaban J connectivity index is 1.81. The van der Waals surface area contributed by atoms with Crippen molar-refractivity contribution in [3.8, 4) is 0 Å². The van der Waals surface area contributed by atoms with Gasteiger partial charge in [-0.25, -0.2) is 0 Å². The summed E-state index contributed by atoms with van der Waals surface area (Å²) in [7, 11) is 0. The van der Waals surface area contributed by atoms with E-state index >= 15 is 0 Å². The maximum absolute atomic E-state index is 12.3. The van der Waals surface area contributed by atoms with Crippen LogP contribution in [0, 0.1) is 10.1 Å². The molecule has 1 aliphatic rings. The number of hydrogen-bond acceptors (Lipinski definition) is 4. The summed E-state index contributed by atoms with van der Waals surface area (Å²) in [6.07, 6.45) is 0.231. The molecule has 2 aromatic carbocycles. The SMILES string of the molecule is O=C1Cc2cc(C(=O)Nc3ccc([N+](=O)[O-])cc3Cl)ccc2N1. The van der Waals surface area contributed by atoms with Crippen molar-refractivity contribution in [1.82, 2.24) is 0 Å². The molecule has 1 aliphatic heterocycles. The minimum Gasteiger partial charge on any atom is -0.326 e. The molecule has 0 radical (unpaired) electrons. The first-order valence-corrected chi connectivity index (χ1v) is 7.00. The van der Waals surface area contributed by atoms with Gasteiger partial charge in [0.15, 0.2) is 0 Å². The molecular weight excluding hydrogens is 322 g/mol. The monoisotopic (exact) mass is 331 g/mol. The van der Waals surface area contributed by atoms with Crippen molar-refractivity contribution in [2.45, 2.75) is 6.42 Å². The van der Waals surface area contributed by atoms with Crippen LogP contribution in [-0.2, 0) is 11.2 Å². The van der Waals surface area contributed by atoms with Crippen LogP contribution < -0.4 is 10.6 Å². The molecule has 0 bridgehead atoms. The number of benzene rings is 2. The van der Waals surface area contributed by atoms with Crippen molar-refractivity contribution in [2.75, 3.05) is 10.6 Å². The number of nitro benzene ring substituents is 1. The fourth-order valence-electron chi connectivity index (χ4n) is 2.28. The zero-order valence-electron chi connectivity index (χ0n) is 11.6. The van der Waals surface area contributed by atoms with Crippen LogP contribution in [0.1, 0.15) is 15.9 Å². The van der Waals surface area contributed by atoms with E-state index in [2.05, 4.69) is 10.6 Å². The summed E-state index contributed by atoms with van der Waals surface area (Å²) in [4.78, 5) is 33.7. The van der Waals surface area contributed by atoms with Gasteiger partial charge in [-0.3, -0.25) is 19.7 Å². The summed E-state index contributed by atoms with van der Waals surface area (Å²) in [5.41, 5.74) is 1.93. The fraction of sp³-hybridized carbons (Fsp3) is 0.0667. The first-order chi connectivity index (χ1) is 10.9. The predicted molar refractivity (Wildman–Crippen MR) is 84.8 cm³/mol. The van der Waals surface area contributed by atoms with Crippen molar-refractivity contribution >= 4 is 40.5 Å². The molecule has 2 aromatic rings. The summed E-state index contributed by atoms with van der Waals surface area (Å²) >= 11 is 5.94. The average molecular weight is 332 g/mol. The molecule has 1 heterocycles. The van der Waals surface area contributed by atoms with E-state index in [9.17, 15) is 19.7 Å². The molecule has 7 nitrogen and oxygen atoms in total. The van der Waals surface area contributed by atoms with Gasteiger partial charge in [0.05, 0.1) is 22.1 Å². The normalized spacial score (nSPS) is 12.5. The Morgan fingerprint density at radius 2 is 2.04 bits per heavy atom. The average Bonchev–Trinajstić information content (AvgIpc) is 2.88. The van der Waals surface area contributed by atoms with Crippen LogP contribution in [0.3, 0.4) is 0 Å². The number of anilines is 2. The molecule has 0 unspecified atom stereocenters. The first kappa shape index (κ1) is 15.0. The molecule has 23 heavy (non-hydrogen) atoms. The molecule has 0 saturated carbocycles. The highest BCUT2D eigenvalue weighted by Crippen LogP contribution is 2.28. The van der Waals surface area contributed by atoms with Gasteiger partial charge in [0.2, 0.25) is 5.91 Å². The molecule has 0 spiro atoms. The van der Waals surface area contributed by atoms with E-state index in [1.165, 1.54) is 18.2 Å². The zero-order chi connectivity index (χ0) is 16.6. The van der Waals surface area contributed by atoms with E-state index in [-0.39, 0.29) is 28.7 Å². The molecular formula is C15H10ClN3O4. The zero-order valence-corrected chi connectivity index (χ0v) is 12.4. The van der Waals surface area contributed by atoms with E-state index < -0.39 is 10.8 Å². The van der Waals surface area contributed by atoms with Crippen LogP contribution in [0.2, 0.25) is 5.02 Å². The smallest absolute Gasteiger partial charge is 0.271 e. The van der Waals surface area contributed by atoms with Gasteiger partial charge in [-0.2, -0.15) is 0 Å². The summed E-state index contributed by atoms with van der Waals surface area (Å²) in [6.45, 7) is 0. The van der Waals surface area contributed by atoms with Crippen LogP contribution in [-0.4, -0.2) is 16.7 Å². The van der Waals surface area contributed by atoms with Gasteiger partial charge < -0.3 is 10.6 Å². The van der Waals surface area contributed by atoms with Crippen molar-refractivity contribution in [3.63, 3.8) is 0 Å². The lowest BCUT2D eigenvalue weighted by molar-refractivity contribution is -0.384. The highest BCUT2D eigenvalue weighted by Gasteiger charge is 2.19. The third-order valence-electron chi connectivity index (χ3n) is 3.40. The molecule has 116 valence electrons. The van der Waals surface area contributed by atoms with Gasteiger partial charge in [0.1, 0.15) is 0 Å². The van der Waals surface area contributed by atoms with Gasteiger partial charge in [-0.15, -0.1) is 0 Å². The predicted octanol–water partition coefficient (Wildman–Crippen LogP) is 3.00. The maximum atomic E-state index is 12.3. The summed E-state index contributed by atoms with van der Waals surface area (Å²) in [5.74, 6) is -0.529. The Kier molecular flexibility index (Phi) is 3.71. The van der Waals surface area contributed by atoms with Crippen LogP contribution in [0.25, 0.3) is 0 Å². The van der Waals surface area contributed by atoms with Crippen LogP contribution in [0.5, 0.6) is 0 Å². The number of carbonyl (C=O) groups is 2.